The molecule has 0 aromatic heterocycles. The highest BCUT2D eigenvalue weighted by Gasteiger charge is 2.26. The van der Waals surface area contributed by atoms with Gasteiger partial charge in [0.25, 0.3) is 0 Å². The number of carbonyl (C=O) groups is 1. The SMILES string of the molecule is CC1CC(=O)Oc2cc(NCCC(F)(F)F)ccc21. The minimum absolute atomic E-state index is 0.0699. The molecule has 2 rings (SSSR count). The third-order valence-electron chi connectivity index (χ3n) is 2.98. The van der Waals surface area contributed by atoms with Crippen LogP contribution in [0.5, 0.6) is 5.75 Å². The normalized spacial score (nSPS) is 18.7. The molecule has 1 N–H and O–H groups in total. The zero-order valence-electron chi connectivity index (χ0n) is 10.4. The maximum Gasteiger partial charge on any atom is 0.390 e. The largest absolute Gasteiger partial charge is 0.426 e. The van der Waals surface area contributed by atoms with Crippen molar-refractivity contribution in [3.63, 3.8) is 0 Å². The van der Waals surface area contributed by atoms with Gasteiger partial charge in [0.15, 0.2) is 0 Å². The van der Waals surface area contributed by atoms with E-state index in [1.54, 1.807) is 18.2 Å². The minimum Gasteiger partial charge on any atom is -0.426 e. The van der Waals surface area contributed by atoms with E-state index >= 15 is 0 Å². The minimum atomic E-state index is -4.18. The third kappa shape index (κ3) is 3.62. The summed E-state index contributed by atoms with van der Waals surface area (Å²) in [5.74, 6) is 0.189. The quantitative estimate of drug-likeness (QED) is 0.677. The zero-order valence-corrected chi connectivity index (χ0v) is 10.4. The molecule has 1 heterocycles. The molecule has 104 valence electrons. The topological polar surface area (TPSA) is 38.3 Å². The number of hydrogen-bond donors (Lipinski definition) is 1. The first kappa shape index (κ1) is 13.7. The summed E-state index contributed by atoms with van der Waals surface area (Å²) in [6.45, 7) is 1.71. The molecule has 0 amide bonds. The second kappa shape index (κ2) is 5.11. The number of ether oxygens (including phenoxy) is 1. The van der Waals surface area contributed by atoms with Crippen LogP contribution in [0.2, 0.25) is 0 Å². The van der Waals surface area contributed by atoms with Gasteiger partial charge in [-0.3, -0.25) is 4.79 Å². The van der Waals surface area contributed by atoms with Crippen molar-refractivity contribution >= 4 is 11.7 Å². The van der Waals surface area contributed by atoms with Crippen LogP contribution < -0.4 is 10.1 Å². The number of hydrogen-bond acceptors (Lipinski definition) is 3. The summed E-state index contributed by atoms with van der Waals surface area (Å²) in [6, 6.07) is 5.05. The van der Waals surface area contributed by atoms with Gasteiger partial charge in [0, 0.05) is 18.3 Å². The second-order valence-electron chi connectivity index (χ2n) is 4.62. The molecule has 0 spiro atoms. The number of anilines is 1. The van der Waals surface area contributed by atoms with Crippen LogP contribution in [-0.4, -0.2) is 18.7 Å². The molecule has 1 aliphatic rings. The Bertz CT molecular complexity index is 485. The van der Waals surface area contributed by atoms with Crippen molar-refractivity contribution in [2.24, 2.45) is 0 Å². The fraction of sp³-hybridized carbons (Fsp3) is 0.462. The molecule has 6 heteroatoms. The lowest BCUT2D eigenvalue weighted by atomic mass is 9.94. The Morgan fingerprint density at radius 2 is 2.16 bits per heavy atom. The number of carbonyl (C=O) groups excluding carboxylic acids is 1. The van der Waals surface area contributed by atoms with E-state index in [0.29, 0.717) is 17.9 Å². The molecule has 1 atom stereocenters. The fourth-order valence-corrected chi connectivity index (χ4v) is 2.01. The van der Waals surface area contributed by atoms with Gasteiger partial charge < -0.3 is 10.1 Å². The molecular weight excluding hydrogens is 259 g/mol. The van der Waals surface area contributed by atoms with Crippen molar-refractivity contribution in [1.29, 1.82) is 0 Å². The van der Waals surface area contributed by atoms with Gasteiger partial charge in [-0.25, -0.2) is 0 Å². The smallest absolute Gasteiger partial charge is 0.390 e. The Hall–Kier alpha value is -1.72. The van der Waals surface area contributed by atoms with Crippen LogP contribution in [0.3, 0.4) is 0 Å². The molecule has 0 aliphatic carbocycles. The van der Waals surface area contributed by atoms with Crippen molar-refractivity contribution in [3.8, 4) is 5.75 Å². The third-order valence-corrected chi connectivity index (χ3v) is 2.98. The van der Waals surface area contributed by atoms with Crippen LogP contribution in [0.15, 0.2) is 18.2 Å². The maximum absolute atomic E-state index is 12.0. The Balaban J connectivity index is 2.04. The summed E-state index contributed by atoms with van der Waals surface area (Å²) in [5, 5.41) is 2.67. The lowest BCUT2D eigenvalue weighted by molar-refractivity contribution is -0.135. The molecule has 1 unspecified atom stereocenters. The maximum atomic E-state index is 12.0. The molecule has 0 fully saturated rings. The Labute approximate surface area is 108 Å². The number of fused-ring (bicyclic) bond motifs is 1. The van der Waals surface area contributed by atoms with Gasteiger partial charge in [-0.15, -0.1) is 0 Å². The summed E-state index contributed by atoms with van der Waals surface area (Å²) < 4.78 is 41.2. The summed E-state index contributed by atoms with van der Waals surface area (Å²) in [6.07, 6.45) is -4.75. The molecule has 0 bridgehead atoms. The van der Waals surface area contributed by atoms with Crippen LogP contribution in [0, 0.1) is 0 Å². The van der Waals surface area contributed by atoms with Crippen molar-refractivity contribution < 1.29 is 22.7 Å². The lowest BCUT2D eigenvalue weighted by Crippen LogP contribution is -2.19. The van der Waals surface area contributed by atoms with Crippen molar-refractivity contribution in [2.75, 3.05) is 11.9 Å². The van der Waals surface area contributed by atoms with Gasteiger partial charge in [-0.05, 0) is 17.5 Å². The van der Waals surface area contributed by atoms with E-state index in [-0.39, 0.29) is 18.4 Å². The number of alkyl halides is 3. The highest BCUT2D eigenvalue weighted by Crippen LogP contribution is 2.35. The van der Waals surface area contributed by atoms with E-state index in [1.165, 1.54) is 0 Å². The molecule has 1 aromatic carbocycles. The average molecular weight is 273 g/mol. The van der Waals surface area contributed by atoms with Crippen LogP contribution in [0.4, 0.5) is 18.9 Å². The van der Waals surface area contributed by atoms with Crippen LogP contribution in [0.1, 0.15) is 31.2 Å². The Morgan fingerprint density at radius 1 is 1.42 bits per heavy atom. The molecule has 0 saturated carbocycles. The van der Waals surface area contributed by atoms with Crippen LogP contribution in [-0.2, 0) is 4.79 Å². The molecule has 19 heavy (non-hydrogen) atoms. The van der Waals surface area contributed by atoms with E-state index in [4.69, 9.17) is 4.74 Å². The summed E-state index contributed by atoms with van der Waals surface area (Å²) in [5.41, 5.74) is 1.42. The lowest BCUT2D eigenvalue weighted by Gasteiger charge is -2.22. The van der Waals surface area contributed by atoms with Crippen LogP contribution >= 0.6 is 0 Å². The Morgan fingerprint density at radius 3 is 2.84 bits per heavy atom. The van der Waals surface area contributed by atoms with E-state index in [1.807, 2.05) is 6.92 Å². The van der Waals surface area contributed by atoms with Gasteiger partial charge in [0.05, 0.1) is 12.8 Å². The van der Waals surface area contributed by atoms with Gasteiger partial charge >= 0.3 is 12.1 Å². The molecule has 0 radical (unpaired) electrons. The summed E-state index contributed by atoms with van der Waals surface area (Å²) >= 11 is 0. The highest BCUT2D eigenvalue weighted by atomic mass is 19.4. The molecule has 3 nitrogen and oxygen atoms in total. The van der Waals surface area contributed by atoms with E-state index in [2.05, 4.69) is 5.32 Å². The first-order chi connectivity index (χ1) is 8.85. The second-order valence-corrected chi connectivity index (χ2v) is 4.62. The number of nitrogens with one attached hydrogen (secondary N) is 1. The fourth-order valence-electron chi connectivity index (χ4n) is 2.01. The highest BCUT2D eigenvalue weighted by molar-refractivity contribution is 5.77. The monoisotopic (exact) mass is 273 g/mol. The van der Waals surface area contributed by atoms with E-state index in [0.717, 1.165) is 5.56 Å². The van der Waals surface area contributed by atoms with Crippen LogP contribution in [0.25, 0.3) is 0 Å². The van der Waals surface area contributed by atoms with E-state index in [9.17, 15) is 18.0 Å². The van der Waals surface area contributed by atoms with Crippen molar-refractivity contribution in [3.05, 3.63) is 23.8 Å². The van der Waals surface area contributed by atoms with Gasteiger partial charge in [0.1, 0.15) is 5.75 Å². The van der Waals surface area contributed by atoms with Gasteiger partial charge in [-0.2, -0.15) is 13.2 Å². The number of esters is 1. The molecule has 1 aliphatic heterocycles. The average Bonchev–Trinajstić information content (AvgIpc) is 2.26. The Kier molecular flexibility index (Phi) is 3.68. The first-order valence-corrected chi connectivity index (χ1v) is 6.00. The van der Waals surface area contributed by atoms with Gasteiger partial charge in [0.2, 0.25) is 0 Å². The number of rotatable bonds is 3. The van der Waals surface area contributed by atoms with Crippen molar-refractivity contribution in [1.82, 2.24) is 0 Å². The van der Waals surface area contributed by atoms with Gasteiger partial charge in [-0.1, -0.05) is 13.0 Å². The summed E-state index contributed by atoms with van der Waals surface area (Å²) in [4.78, 5) is 11.3. The summed E-state index contributed by atoms with van der Waals surface area (Å²) in [7, 11) is 0. The molecule has 1 aromatic rings. The number of halogens is 3. The van der Waals surface area contributed by atoms with Crippen molar-refractivity contribution in [2.45, 2.75) is 31.9 Å². The standard InChI is InChI=1S/C13H14F3NO2/c1-8-6-12(18)19-11-7-9(2-3-10(8)11)17-5-4-13(14,15)16/h2-3,7-8,17H,4-6H2,1H3. The number of benzene rings is 1. The predicted molar refractivity (Wildman–Crippen MR) is 64.3 cm³/mol. The molecular formula is C13H14F3NO2. The predicted octanol–water partition coefficient (Wildman–Crippen LogP) is 3.46. The van der Waals surface area contributed by atoms with E-state index < -0.39 is 12.6 Å². The molecule has 0 saturated heterocycles. The first-order valence-electron chi connectivity index (χ1n) is 6.00. The zero-order chi connectivity index (χ0) is 14.0.